The average molecular weight is 474 g/mol. The Morgan fingerprint density at radius 3 is 2.67 bits per heavy atom. The first kappa shape index (κ1) is 21.1. The third-order valence-electron chi connectivity index (χ3n) is 4.77. The van der Waals surface area contributed by atoms with Gasteiger partial charge in [0.1, 0.15) is 15.8 Å². The molecular weight excluding hydrogens is 459 g/mol. The van der Waals surface area contributed by atoms with Crippen molar-refractivity contribution in [1.29, 1.82) is 0 Å². The molecule has 2 fully saturated rings. The van der Waals surface area contributed by atoms with Crippen molar-refractivity contribution in [3.8, 4) is 11.3 Å². The predicted molar refractivity (Wildman–Crippen MR) is 111 cm³/mol. The fourth-order valence-corrected chi connectivity index (χ4v) is 6.42. The number of furan rings is 1. The number of alkyl halides is 3. The zero-order chi connectivity index (χ0) is 21.7. The number of hydrogen-bond donors (Lipinski definition) is 0. The van der Waals surface area contributed by atoms with Crippen molar-refractivity contribution in [1.82, 2.24) is 4.90 Å². The second-order valence-electron chi connectivity index (χ2n) is 6.89. The first-order valence-electron chi connectivity index (χ1n) is 8.78. The summed E-state index contributed by atoms with van der Waals surface area (Å²) in [6.07, 6.45) is -2.67. The van der Waals surface area contributed by atoms with Crippen molar-refractivity contribution in [3.63, 3.8) is 0 Å². The lowest BCUT2D eigenvalue weighted by Gasteiger charge is -2.20. The van der Waals surface area contributed by atoms with E-state index in [-0.39, 0.29) is 37.8 Å². The number of thiocarbonyl (C=S) groups is 1. The molecule has 0 saturated carbocycles. The van der Waals surface area contributed by atoms with Crippen LogP contribution < -0.4 is 0 Å². The van der Waals surface area contributed by atoms with E-state index in [1.807, 2.05) is 0 Å². The van der Waals surface area contributed by atoms with Crippen molar-refractivity contribution < 1.29 is 30.8 Å². The highest BCUT2D eigenvalue weighted by Crippen LogP contribution is 2.37. The molecule has 2 aliphatic heterocycles. The van der Waals surface area contributed by atoms with E-state index < -0.39 is 33.5 Å². The highest BCUT2D eigenvalue weighted by molar-refractivity contribution is 8.26. The molecule has 4 rings (SSSR count). The fourth-order valence-electron chi connectivity index (χ4n) is 3.34. The number of thioether (sulfide) groups is 1. The maximum Gasteiger partial charge on any atom is 0.416 e. The maximum atomic E-state index is 12.9. The molecule has 0 radical (unpaired) electrons. The van der Waals surface area contributed by atoms with Gasteiger partial charge in [-0.2, -0.15) is 13.2 Å². The van der Waals surface area contributed by atoms with Gasteiger partial charge in [-0.3, -0.25) is 9.69 Å². The first-order chi connectivity index (χ1) is 14.0. The Hall–Kier alpha value is -2.11. The maximum absolute atomic E-state index is 12.9. The number of hydrogen-bond acceptors (Lipinski definition) is 6. The van der Waals surface area contributed by atoms with E-state index >= 15 is 0 Å². The summed E-state index contributed by atoms with van der Waals surface area (Å²) in [4.78, 5) is 14.3. The number of sulfone groups is 1. The van der Waals surface area contributed by atoms with Crippen LogP contribution in [0.25, 0.3) is 17.4 Å². The number of amides is 1. The molecule has 2 saturated heterocycles. The zero-order valence-corrected chi connectivity index (χ0v) is 17.6. The van der Waals surface area contributed by atoms with Gasteiger partial charge in [0.2, 0.25) is 0 Å². The van der Waals surface area contributed by atoms with Gasteiger partial charge in [-0.15, -0.1) is 0 Å². The van der Waals surface area contributed by atoms with Gasteiger partial charge in [0, 0.05) is 11.6 Å². The van der Waals surface area contributed by atoms with Crippen LogP contribution in [-0.2, 0) is 20.8 Å². The predicted octanol–water partition coefficient (Wildman–Crippen LogP) is 4.35. The lowest BCUT2D eigenvalue weighted by Crippen LogP contribution is -2.39. The zero-order valence-electron chi connectivity index (χ0n) is 15.2. The lowest BCUT2D eigenvalue weighted by molar-refractivity contribution is -0.137. The van der Waals surface area contributed by atoms with E-state index in [9.17, 15) is 26.4 Å². The Balaban J connectivity index is 1.56. The van der Waals surface area contributed by atoms with Crippen molar-refractivity contribution in [2.24, 2.45) is 0 Å². The molecule has 3 heterocycles. The Morgan fingerprint density at radius 2 is 2.00 bits per heavy atom. The molecule has 2 aliphatic rings. The van der Waals surface area contributed by atoms with E-state index in [0.29, 0.717) is 6.42 Å². The van der Waals surface area contributed by atoms with E-state index in [1.54, 1.807) is 6.07 Å². The molecule has 158 valence electrons. The summed E-state index contributed by atoms with van der Waals surface area (Å²) in [6, 6.07) is 7.34. The van der Waals surface area contributed by atoms with Crippen molar-refractivity contribution in [2.45, 2.75) is 18.6 Å². The fraction of sp³-hybridized carbons (Fsp3) is 0.263. The molecule has 30 heavy (non-hydrogen) atoms. The second-order valence-corrected chi connectivity index (χ2v) is 10.8. The number of carbonyl (C=O) groups is 1. The largest absolute Gasteiger partial charge is 0.457 e. The summed E-state index contributed by atoms with van der Waals surface area (Å²) in [5, 5.41) is 0. The molecule has 0 spiro atoms. The number of rotatable bonds is 3. The third kappa shape index (κ3) is 4.19. The Labute approximate surface area is 179 Å². The molecule has 1 aromatic heterocycles. The monoisotopic (exact) mass is 473 g/mol. The van der Waals surface area contributed by atoms with Gasteiger partial charge in [-0.05, 0) is 30.7 Å². The van der Waals surface area contributed by atoms with Crippen LogP contribution in [0.15, 0.2) is 45.7 Å². The molecule has 11 heteroatoms. The molecular formula is C19H14F3NO4S3. The van der Waals surface area contributed by atoms with Gasteiger partial charge < -0.3 is 4.42 Å². The van der Waals surface area contributed by atoms with Crippen LogP contribution in [0, 0.1) is 0 Å². The summed E-state index contributed by atoms with van der Waals surface area (Å²) in [7, 11) is -3.18. The second kappa shape index (κ2) is 7.54. The average Bonchev–Trinajstić information content (AvgIpc) is 3.33. The highest BCUT2D eigenvalue weighted by Gasteiger charge is 2.42. The summed E-state index contributed by atoms with van der Waals surface area (Å²) < 4.78 is 68.1. The van der Waals surface area contributed by atoms with Gasteiger partial charge in [-0.25, -0.2) is 8.42 Å². The quantitative estimate of drug-likeness (QED) is 0.488. The van der Waals surface area contributed by atoms with Crippen LogP contribution >= 0.6 is 24.0 Å². The number of benzene rings is 1. The molecule has 1 aromatic carbocycles. The number of nitrogens with zero attached hydrogens (tertiary/aromatic N) is 1. The molecule has 0 N–H and O–H groups in total. The van der Waals surface area contributed by atoms with Gasteiger partial charge >= 0.3 is 6.18 Å². The van der Waals surface area contributed by atoms with Crippen LogP contribution in [0.2, 0.25) is 0 Å². The molecule has 1 amide bonds. The van der Waals surface area contributed by atoms with Crippen LogP contribution in [-0.4, -0.2) is 41.1 Å². The smallest absolute Gasteiger partial charge is 0.416 e. The highest BCUT2D eigenvalue weighted by atomic mass is 32.2. The van der Waals surface area contributed by atoms with Crippen LogP contribution in [0.5, 0.6) is 0 Å². The molecule has 0 aliphatic carbocycles. The molecule has 5 nitrogen and oxygen atoms in total. The minimum Gasteiger partial charge on any atom is -0.457 e. The van der Waals surface area contributed by atoms with Crippen LogP contribution in [0.3, 0.4) is 0 Å². The minimum absolute atomic E-state index is 0.0201. The van der Waals surface area contributed by atoms with Gasteiger partial charge in [-0.1, -0.05) is 36.1 Å². The summed E-state index contributed by atoms with van der Waals surface area (Å²) >= 11 is 6.29. The van der Waals surface area contributed by atoms with Crippen molar-refractivity contribution in [3.05, 3.63) is 52.6 Å². The van der Waals surface area contributed by atoms with Gasteiger partial charge in [0.25, 0.3) is 5.91 Å². The molecule has 1 atom stereocenters. The summed E-state index contributed by atoms with van der Waals surface area (Å²) in [6.45, 7) is 0. The Bertz CT molecular complexity index is 1170. The van der Waals surface area contributed by atoms with E-state index in [0.717, 1.165) is 23.9 Å². The Kier molecular flexibility index (Phi) is 5.31. The van der Waals surface area contributed by atoms with E-state index in [1.165, 1.54) is 29.2 Å². The Morgan fingerprint density at radius 1 is 1.23 bits per heavy atom. The van der Waals surface area contributed by atoms with E-state index in [2.05, 4.69) is 0 Å². The number of halogens is 3. The molecule has 0 unspecified atom stereocenters. The van der Waals surface area contributed by atoms with Crippen LogP contribution in [0.1, 0.15) is 17.7 Å². The molecule has 0 bridgehead atoms. The lowest BCUT2D eigenvalue weighted by atomic mass is 10.1. The standard InChI is InChI=1S/C19H14F3NO4S3/c20-19(21,22)12-3-1-2-11(8-12)15-5-4-14(27-15)9-16-17(24)23(18(28)29-16)13-6-7-30(25,26)10-13/h1-5,8-9,13H,6-7,10H2/b16-9-/t13-/m0/s1. The van der Waals surface area contributed by atoms with E-state index in [4.69, 9.17) is 16.6 Å². The SMILES string of the molecule is O=C1/C(=C/c2ccc(-c3cccc(C(F)(F)F)c3)o2)SC(=S)N1[C@H]1CCS(=O)(=O)C1. The van der Waals surface area contributed by atoms with Gasteiger partial charge in [0.15, 0.2) is 9.84 Å². The normalized spacial score (nSPS) is 23.0. The number of carbonyl (C=O) groups excluding carboxylic acids is 1. The van der Waals surface area contributed by atoms with Crippen molar-refractivity contribution >= 4 is 50.1 Å². The summed E-state index contributed by atoms with van der Waals surface area (Å²) in [5.41, 5.74) is -0.529. The minimum atomic E-state index is -4.47. The first-order valence-corrected chi connectivity index (χ1v) is 11.8. The van der Waals surface area contributed by atoms with Crippen LogP contribution in [0.4, 0.5) is 13.2 Å². The third-order valence-corrected chi connectivity index (χ3v) is 7.85. The van der Waals surface area contributed by atoms with Gasteiger partial charge in [0.05, 0.1) is 28.0 Å². The summed E-state index contributed by atoms with van der Waals surface area (Å²) in [5.74, 6) is 0.00947. The van der Waals surface area contributed by atoms with Crippen molar-refractivity contribution in [2.75, 3.05) is 11.5 Å². The molecule has 2 aromatic rings. The topological polar surface area (TPSA) is 67.6 Å².